The van der Waals surface area contributed by atoms with Gasteiger partial charge in [0.15, 0.2) is 0 Å². The first kappa shape index (κ1) is 15.7. The van der Waals surface area contributed by atoms with Gasteiger partial charge >= 0.3 is 6.18 Å². The maximum atomic E-state index is 13.7. The molecular formula is C12H14F4N2S. The Morgan fingerprint density at radius 1 is 1.37 bits per heavy atom. The zero-order chi connectivity index (χ0) is 14.6. The lowest BCUT2D eigenvalue weighted by molar-refractivity contribution is -0.119. The van der Waals surface area contributed by atoms with Crippen molar-refractivity contribution < 1.29 is 17.6 Å². The molecule has 0 unspecified atom stereocenters. The molecule has 0 amide bonds. The van der Waals surface area contributed by atoms with Gasteiger partial charge in [-0.2, -0.15) is 13.2 Å². The minimum absolute atomic E-state index is 0.0756. The highest BCUT2D eigenvalue weighted by Gasteiger charge is 2.32. The van der Waals surface area contributed by atoms with Crippen molar-refractivity contribution in [2.75, 3.05) is 18.0 Å². The van der Waals surface area contributed by atoms with E-state index in [4.69, 9.17) is 18.0 Å². The number of halogens is 4. The molecule has 0 radical (unpaired) electrons. The number of benzene rings is 1. The van der Waals surface area contributed by atoms with Crippen LogP contribution in [-0.4, -0.2) is 24.3 Å². The number of nitrogens with zero attached hydrogens (tertiary/aromatic N) is 1. The summed E-state index contributed by atoms with van der Waals surface area (Å²) in [6.45, 7) is 0.710. The standard InChI is InChI=1S/C12H14F4N2S/c1-2-6-18(7-12(14,15)16)9-5-3-4-8(13)10(9)11(17)19/h3-5H,2,6-7H2,1H3,(H2,17,19). The topological polar surface area (TPSA) is 29.3 Å². The van der Waals surface area contributed by atoms with Gasteiger partial charge in [-0.3, -0.25) is 0 Å². The molecule has 0 aromatic heterocycles. The third-order valence-electron chi connectivity index (χ3n) is 2.44. The lowest BCUT2D eigenvalue weighted by Crippen LogP contribution is -2.36. The summed E-state index contributed by atoms with van der Waals surface area (Å²) in [4.78, 5) is 0.786. The van der Waals surface area contributed by atoms with Crippen LogP contribution in [0.3, 0.4) is 0 Å². The van der Waals surface area contributed by atoms with Crippen molar-refractivity contribution in [2.45, 2.75) is 19.5 Å². The second-order valence-corrected chi connectivity index (χ2v) is 4.47. The minimum atomic E-state index is -4.38. The highest BCUT2D eigenvalue weighted by atomic mass is 32.1. The average Bonchev–Trinajstić information content (AvgIpc) is 2.25. The van der Waals surface area contributed by atoms with Gasteiger partial charge in [0.25, 0.3) is 0 Å². The summed E-state index contributed by atoms with van der Waals surface area (Å²) in [7, 11) is 0. The van der Waals surface area contributed by atoms with Crippen molar-refractivity contribution in [3.8, 4) is 0 Å². The molecule has 0 bridgehead atoms. The number of nitrogens with two attached hydrogens (primary N) is 1. The quantitative estimate of drug-likeness (QED) is 0.668. The predicted octanol–water partition coefficient (Wildman–Crippen LogP) is 3.24. The molecule has 0 aliphatic rings. The van der Waals surface area contributed by atoms with Gasteiger partial charge in [0, 0.05) is 6.54 Å². The summed E-state index contributed by atoms with van der Waals surface area (Å²) in [6.07, 6.45) is -3.89. The van der Waals surface area contributed by atoms with Crippen LogP contribution in [0, 0.1) is 5.82 Å². The summed E-state index contributed by atoms with van der Waals surface area (Å²) in [5, 5.41) is 0. The number of hydrogen-bond acceptors (Lipinski definition) is 2. The SMILES string of the molecule is CCCN(CC(F)(F)F)c1cccc(F)c1C(N)=S. The fraction of sp³-hybridized carbons (Fsp3) is 0.417. The number of hydrogen-bond donors (Lipinski definition) is 1. The largest absolute Gasteiger partial charge is 0.405 e. The Kier molecular flexibility index (Phi) is 5.11. The van der Waals surface area contributed by atoms with Crippen LogP contribution in [0.2, 0.25) is 0 Å². The van der Waals surface area contributed by atoms with E-state index in [0.717, 1.165) is 11.0 Å². The zero-order valence-electron chi connectivity index (χ0n) is 10.3. The molecule has 0 atom stereocenters. The van der Waals surface area contributed by atoms with Crippen molar-refractivity contribution in [1.82, 2.24) is 0 Å². The Hall–Kier alpha value is -1.37. The Morgan fingerprint density at radius 3 is 2.47 bits per heavy atom. The maximum Gasteiger partial charge on any atom is 0.405 e. The Morgan fingerprint density at radius 2 is 2.00 bits per heavy atom. The van der Waals surface area contributed by atoms with Crippen molar-refractivity contribution >= 4 is 22.9 Å². The zero-order valence-corrected chi connectivity index (χ0v) is 11.1. The number of anilines is 1. The molecule has 0 aliphatic heterocycles. The van der Waals surface area contributed by atoms with E-state index in [0.29, 0.717) is 6.42 Å². The second kappa shape index (κ2) is 6.18. The van der Waals surface area contributed by atoms with Gasteiger partial charge in [-0.25, -0.2) is 4.39 Å². The highest BCUT2D eigenvalue weighted by Crippen LogP contribution is 2.27. The van der Waals surface area contributed by atoms with Crippen LogP contribution in [0.25, 0.3) is 0 Å². The van der Waals surface area contributed by atoms with Gasteiger partial charge < -0.3 is 10.6 Å². The van der Waals surface area contributed by atoms with Crippen molar-refractivity contribution in [3.05, 3.63) is 29.6 Å². The van der Waals surface area contributed by atoms with Gasteiger partial charge in [-0.1, -0.05) is 25.2 Å². The van der Waals surface area contributed by atoms with Crippen LogP contribution in [-0.2, 0) is 0 Å². The van der Waals surface area contributed by atoms with Gasteiger partial charge in [-0.15, -0.1) is 0 Å². The maximum absolute atomic E-state index is 13.7. The molecule has 0 saturated heterocycles. The summed E-state index contributed by atoms with van der Waals surface area (Å²) < 4.78 is 51.3. The molecule has 0 fully saturated rings. The molecular weight excluding hydrogens is 280 g/mol. The average molecular weight is 294 g/mol. The van der Waals surface area contributed by atoms with E-state index in [9.17, 15) is 17.6 Å². The number of thiocarbonyl (C=S) groups is 1. The van der Waals surface area contributed by atoms with Crippen molar-refractivity contribution in [2.24, 2.45) is 5.73 Å². The van der Waals surface area contributed by atoms with Gasteiger partial charge in [0.1, 0.15) is 17.4 Å². The van der Waals surface area contributed by atoms with E-state index < -0.39 is 18.5 Å². The lowest BCUT2D eigenvalue weighted by atomic mass is 10.1. The summed E-state index contributed by atoms with van der Waals surface area (Å²) in [5.74, 6) is -0.715. The molecule has 0 saturated carbocycles. The van der Waals surface area contributed by atoms with E-state index in [1.165, 1.54) is 12.1 Å². The Balaban J connectivity index is 3.22. The monoisotopic (exact) mass is 294 g/mol. The predicted molar refractivity (Wildman–Crippen MR) is 70.8 cm³/mol. The second-order valence-electron chi connectivity index (χ2n) is 4.03. The third-order valence-corrected chi connectivity index (χ3v) is 2.65. The van der Waals surface area contributed by atoms with Crippen LogP contribution in [0.15, 0.2) is 18.2 Å². The van der Waals surface area contributed by atoms with E-state index in [1.54, 1.807) is 6.92 Å². The van der Waals surface area contributed by atoms with Gasteiger partial charge in [-0.05, 0) is 18.6 Å². The lowest BCUT2D eigenvalue weighted by Gasteiger charge is -2.27. The van der Waals surface area contributed by atoms with Crippen LogP contribution < -0.4 is 10.6 Å². The Bertz CT molecular complexity index is 460. The molecule has 1 aromatic carbocycles. The summed E-state index contributed by atoms with van der Waals surface area (Å²) >= 11 is 4.71. The molecule has 19 heavy (non-hydrogen) atoms. The van der Waals surface area contributed by atoms with E-state index in [1.807, 2.05) is 0 Å². The fourth-order valence-electron chi connectivity index (χ4n) is 1.79. The third kappa shape index (κ3) is 4.34. The fourth-order valence-corrected chi connectivity index (χ4v) is 1.99. The summed E-state index contributed by atoms with van der Waals surface area (Å²) in [6, 6.07) is 3.85. The molecule has 1 rings (SSSR count). The normalized spacial score (nSPS) is 11.4. The van der Waals surface area contributed by atoms with E-state index >= 15 is 0 Å². The first-order valence-corrected chi connectivity index (χ1v) is 6.07. The molecule has 0 heterocycles. The van der Waals surface area contributed by atoms with Crippen LogP contribution in [0.4, 0.5) is 23.2 Å². The highest BCUT2D eigenvalue weighted by molar-refractivity contribution is 7.80. The van der Waals surface area contributed by atoms with E-state index in [-0.39, 0.29) is 22.8 Å². The van der Waals surface area contributed by atoms with Crippen LogP contribution >= 0.6 is 12.2 Å². The molecule has 7 heteroatoms. The molecule has 106 valence electrons. The van der Waals surface area contributed by atoms with Crippen molar-refractivity contribution in [3.63, 3.8) is 0 Å². The van der Waals surface area contributed by atoms with E-state index in [2.05, 4.69) is 0 Å². The Labute approximate surface area is 114 Å². The first-order valence-electron chi connectivity index (χ1n) is 5.66. The smallest absolute Gasteiger partial charge is 0.389 e. The number of alkyl halides is 3. The molecule has 2 N–H and O–H groups in total. The van der Waals surface area contributed by atoms with Crippen LogP contribution in [0.5, 0.6) is 0 Å². The molecule has 0 spiro atoms. The molecule has 2 nitrogen and oxygen atoms in total. The summed E-state index contributed by atoms with van der Waals surface area (Å²) in [5.41, 5.74) is 5.33. The molecule has 1 aromatic rings. The van der Waals surface area contributed by atoms with Gasteiger partial charge in [0.05, 0.1) is 11.3 Å². The van der Waals surface area contributed by atoms with Gasteiger partial charge in [0.2, 0.25) is 0 Å². The minimum Gasteiger partial charge on any atom is -0.389 e. The van der Waals surface area contributed by atoms with Crippen molar-refractivity contribution in [1.29, 1.82) is 0 Å². The van der Waals surface area contributed by atoms with Crippen LogP contribution in [0.1, 0.15) is 18.9 Å². The first-order chi connectivity index (χ1) is 8.76. The number of rotatable bonds is 5. The molecule has 0 aliphatic carbocycles.